The maximum absolute atomic E-state index is 5.12. The first kappa shape index (κ1) is 19.6. The first-order valence-electron chi connectivity index (χ1n) is 5.65. The predicted octanol–water partition coefficient (Wildman–Crippen LogP) is 3.44. The number of hydrogen-bond donors (Lipinski definition) is 2. The average molecular weight is 385 g/mol. The van der Waals surface area contributed by atoms with E-state index < -0.39 is 0 Å². The van der Waals surface area contributed by atoms with Crippen LogP contribution < -0.4 is 10.7 Å². The third-order valence-corrected chi connectivity index (χ3v) is 2.04. The first-order chi connectivity index (χ1) is 9.30. The third kappa shape index (κ3) is 10.4. The van der Waals surface area contributed by atoms with E-state index in [0.717, 1.165) is 24.5 Å². The normalized spacial score (nSPS) is 11.4. The summed E-state index contributed by atoms with van der Waals surface area (Å²) in [4.78, 5) is 4.20. The minimum absolute atomic E-state index is 0.0709. The van der Waals surface area contributed by atoms with Crippen molar-refractivity contribution in [2.45, 2.75) is 33.2 Å². The van der Waals surface area contributed by atoms with Crippen LogP contribution in [0.2, 0.25) is 0 Å². The van der Waals surface area contributed by atoms with Crippen LogP contribution in [0, 0.1) is 0 Å². The number of pyridine rings is 1. The van der Waals surface area contributed by atoms with Crippen LogP contribution in [0.15, 0.2) is 29.5 Å². The van der Waals surface area contributed by atoms with E-state index in [1.54, 1.807) is 6.20 Å². The fraction of sp³-hybridized carbons (Fsp3) is 0.417. The summed E-state index contributed by atoms with van der Waals surface area (Å²) in [5.74, 6) is 0. The van der Waals surface area contributed by atoms with Gasteiger partial charge in [-0.1, -0.05) is 6.07 Å². The Morgan fingerprint density at radius 2 is 1.95 bits per heavy atom. The number of hydrogen-bond acceptors (Lipinski definition) is 3. The van der Waals surface area contributed by atoms with Gasteiger partial charge in [-0.2, -0.15) is 5.10 Å². The van der Waals surface area contributed by atoms with Gasteiger partial charge in [-0.3, -0.25) is 10.4 Å². The summed E-state index contributed by atoms with van der Waals surface area (Å²) in [6.45, 7) is 8.00. The molecule has 0 amide bonds. The number of rotatable bonds is 2. The van der Waals surface area contributed by atoms with Gasteiger partial charge in [0.25, 0.3) is 0 Å². The molecule has 1 rings (SSSR count). The second-order valence-corrected chi connectivity index (χ2v) is 6.73. The van der Waals surface area contributed by atoms with E-state index in [0.29, 0.717) is 5.11 Å². The quantitative estimate of drug-likeness (QED) is 0.355. The first-order valence-corrected chi connectivity index (χ1v) is 8.65. The van der Waals surface area contributed by atoms with Crippen molar-refractivity contribution < 1.29 is 13.1 Å². The number of nitrogens with one attached hydrogen (secondary N) is 2. The van der Waals surface area contributed by atoms with E-state index in [-0.39, 0.29) is 5.54 Å². The van der Waals surface area contributed by atoms with Crippen LogP contribution in [0.4, 0.5) is 0 Å². The average Bonchev–Trinajstić information content (AvgIpc) is 2.36. The van der Waals surface area contributed by atoms with Gasteiger partial charge in [-0.25, -0.2) is 0 Å². The van der Waals surface area contributed by atoms with Crippen LogP contribution in [0.1, 0.15) is 33.4 Å². The van der Waals surface area contributed by atoms with Crippen LogP contribution in [-0.4, -0.2) is 21.3 Å². The molecule has 0 fully saturated rings. The molecule has 2 N–H and O–H groups in total. The van der Waals surface area contributed by atoms with Gasteiger partial charge in [0.1, 0.15) is 0 Å². The van der Waals surface area contributed by atoms with Crippen molar-refractivity contribution in [2.24, 2.45) is 5.10 Å². The molecule has 0 saturated carbocycles. The molecule has 117 valence electrons. The number of nitrogens with zero attached hydrogens (tertiary/aromatic N) is 2. The molecule has 0 radical (unpaired) electrons. The van der Waals surface area contributed by atoms with Gasteiger partial charge in [-0.05, 0) is 52.0 Å². The zero-order valence-corrected chi connectivity index (χ0v) is 14.9. The van der Waals surface area contributed by atoms with Gasteiger partial charge in [0.05, 0.1) is 11.4 Å². The van der Waals surface area contributed by atoms with Gasteiger partial charge in [-0.15, -0.1) is 0 Å². The summed E-state index contributed by atoms with van der Waals surface area (Å²) in [6.07, 6.45) is 1.74. The molecule has 1 heterocycles. The summed E-state index contributed by atoms with van der Waals surface area (Å²) >= 11 is 5.88. The molecule has 0 aliphatic rings. The van der Waals surface area contributed by atoms with Gasteiger partial charge in [0.15, 0.2) is 5.11 Å². The van der Waals surface area contributed by atoms with E-state index in [9.17, 15) is 0 Å². The van der Waals surface area contributed by atoms with Crippen molar-refractivity contribution in [3.63, 3.8) is 0 Å². The monoisotopic (exact) mass is 383 g/mol. The van der Waals surface area contributed by atoms with Gasteiger partial charge >= 0.3 is 33.3 Å². The maximum atomic E-state index is 5.12. The SMILES string of the molecule is CC(=NNC(=S)NC(C)(C)C)c1ccccn1.[Cl][Cu][Cl]. The molecular weight excluding hydrogens is 367 g/mol. The number of halogens is 2. The fourth-order valence-corrected chi connectivity index (χ4v) is 1.49. The second-order valence-electron chi connectivity index (χ2n) is 4.77. The molecule has 0 aromatic carbocycles. The predicted molar refractivity (Wildman–Crippen MR) is 86.8 cm³/mol. The summed E-state index contributed by atoms with van der Waals surface area (Å²) in [7, 11) is 9.34. The van der Waals surface area contributed by atoms with E-state index in [2.05, 4.69) is 41.0 Å². The Morgan fingerprint density at radius 3 is 2.40 bits per heavy atom. The summed E-state index contributed by atoms with van der Waals surface area (Å²) in [5, 5.41) is 7.80. The van der Waals surface area contributed by atoms with E-state index in [1.807, 2.05) is 45.9 Å². The molecule has 0 unspecified atom stereocenters. The Bertz CT molecular complexity index is 435. The van der Waals surface area contributed by atoms with Crippen molar-refractivity contribution in [3.8, 4) is 0 Å². The Kier molecular flexibility index (Phi) is 10.2. The third-order valence-electron chi connectivity index (χ3n) is 1.85. The number of thiocarbonyl (C=S) groups is 1. The molecule has 4 nitrogen and oxygen atoms in total. The topological polar surface area (TPSA) is 49.3 Å². The molecule has 0 spiro atoms. The van der Waals surface area contributed by atoms with Crippen molar-refractivity contribution in [2.75, 3.05) is 0 Å². The van der Waals surface area contributed by atoms with Crippen LogP contribution in [0.3, 0.4) is 0 Å². The Morgan fingerprint density at radius 1 is 1.35 bits per heavy atom. The fourth-order valence-electron chi connectivity index (χ4n) is 1.14. The van der Waals surface area contributed by atoms with E-state index >= 15 is 0 Å². The Balaban J connectivity index is 0.00000110. The van der Waals surface area contributed by atoms with Crippen molar-refractivity contribution in [3.05, 3.63) is 30.1 Å². The molecule has 0 aliphatic carbocycles. The molecule has 0 bridgehead atoms. The Labute approximate surface area is 140 Å². The van der Waals surface area contributed by atoms with Crippen LogP contribution in [0.5, 0.6) is 0 Å². The van der Waals surface area contributed by atoms with Gasteiger partial charge in [0.2, 0.25) is 0 Å². The number of hydrazone groups is 1. The molecule has 1 aromatic heterocycles. The summed E-state index contributed by atoms with van der Waals surface area (Å²) < 4.78 is 0. The zero-order chi connectivity index (χ0) is 15.6. The molecule has 0 aliphatic heterocycles. The molecule has 20 heavy (non-hydrogen) atoms. The van der Waals surface area contributed by atoms with Crippen molar-refractivity contribution in [1.82, 2.24) is 15.7 Å². The molecule has 1 aromatic rings. The minimum atomic E-state index is -0.0709. The Hall–Kier alpha value is -0.391. The summed E-state index contributed by atoms with van der Waals surface area (Å²) in [6, 6.07) is 5.70. The zero-order valence-electron chi connectivity index (χ0n) is 11.7. The molecule has 0 atom stereocenters. The summed E-state index contributed by atoms with van der Waals surface area (Å²) in [5.41, 5.74) is 4.36. The second kappa shape index (κ2) is 10.4. The van der Waals surface area contributed by atoms with Crippen molar-refractivity contribution >= 4 is 43.2 Å². The molecule has 0 saturated heterocycles. The van der Waals surface area contributed by atoms with E-state index in [1.165, 1.54) is 0 Å². The van der Waals surface area contributed by atoms with Crippen LogP contribution in [0.25, 0.3) is 0 Å². The van der Waals surface area contributed by atoms with Gasteiger partial charge in [0, 0.05) is 11.7 Å². The molecular formula is C12H18Cl2CuN4S. The standard InChI is InChI=1S/C12H18N4S.2ClH.Cu/c1-9(10-7-5-6-8-13-10)15-16-11(17)14-12(2,3)4;;;/h5-8H,1-4H3,(H2,14,16,17);2*1H;/q;;;+2/p-2. The van der Waals surface area contributed by atoms with Crippen molar-refractivity contribution in [1.29, 1.82) is 0 Å². The van der Waals surface area contributed by atoms with E-state index in [4.69, 9.17) is 12.2 Å². The van der Waals surface area contributed by atoms with Crippen LogP contribution >= 0.6 is 32.4 Å². The number of aromatic nitrogens is 1. The van der Waals surface area contributed by atoms with Gasteiger partial charge < -0.3 is 5.32 Å². The van der Waals surface area contributed by atoms with Crippen LogP contribution in [-0.2, 0) is 13.1 Å². The molecule has 8 heteroatoms.